The molecule has 0 aliphatic rings. The Morgan fingerprint density at radius 3 is 2.95 bits per heavy atom. The summed E-state index contributed by atoms with van der Waals surface area (Å²) in [4.78, 5) is 0. The van der Waals surface area contributed by atoms with Gasteiger partial charge in [-0.1, -0.05) is 30.7 Å². The van der Waals surface area contributed by atoms with Gasteiger partial charge in [0, 0.05) is 6.54 Å². The Morgan fingerprint density at radius 2 is 2.26 bits per heavy atom. The molecule has 1 aromatic heterocycles. The molecule has 0 fully saturated rings. The molecule has 2 aromatic rings. The smallest absolute Gasteiger partial charge is 0.137 e. The summed E-state index contributed by atoms with van der Waals surface area (Å²) in [6.45, 7) is 2.77. The Balaban J connectivity index is 2.46. The fraction of sp³-hybridized carbons (Fsp3) is 0.308. The molecule has 2 rings (SSSR count). The van der Waals surface area contributed by atoms with Crippen LogP contribution in [0.2, 0.25) is 5.02 Å². The van der Waals surface area contributed by atoms with Crippen LogP contribution in [0.1, 0.15) is 30.6 Å². The monoisotopic (exact) mass is 345 g/mol. The molecule has 2 N–H and O–H groups in total. The van der Waals surface area contributed by atoms with Crippen LogP contribution >= 0.6 is 27.5 Å². The normalized spacial score (nSPS) is 12.7. The largest absolute Gasteiger partial charge is 0.319 e. The second-order valence-electron chi connectivity index (χ2n) is 4.22. The molecule has 0 saturated carbocycles. The lowest BCUT2D eigenvalue weighted by Gasteiger charge is -2.16. The first-order valence-corrected chi connectivity index (χ1v) is 7.14. The van der Waals surface area contributed by atoms with Gasteiger partial charge in [0.1, 0.15) is 5.82 Å². The minimum Gasteiger partial charge on any atom is -0.319 e. The number of nitrogens with zero attached hydrogens (tertiary/aromatic N) is 2. The van der Waals surface area contributed by atoms with Crippen molar-refractivity contribution >= 4 is 27.5 Å². The van der Waals surface area contributed by atoms with E-state index in [1.54, 1.807) is 23.0 Å². The molecule has 1 unspecified atom stereocenters. The summed E-state index contributed by atoms with van der Waals surface area (Å²) in [7, 11) is 0. The maximum absolute atomic E-state index is 13.6. The third-order valence-electron chi connectivity index (χ3n) is 2.88. The van der Waals surface area contributed by atoms with Gasteiger partial charge >= 0.3 is 0 Å². The van der Waals surface area contributed by atoms with E-state index in [0.717, 1.165) is 13.0 Å². The maximum atomic E-state index is 13.6. The molecule has 19 heavy (non-hydrogen) atoms. The fourth-order valence-electron chi connectivity index (χ4n) is 1.98. The van der Waals surface area contributed by atoms with Crippen LogP contribution in [0.5, 0.6) is 0 Å². The van der Waals surface area contributed by atoms with Crippen molar-refractivity contribution in [1.82, 2.24) is 9.78 Å². The van der Waals surface area contributed by atoms with Gasteiger partial charge in [0.15, 0.2) is 0 Å². The average molecular weight is 347 g/mol. The van der Waals surface area contributed by atoms with Crippen molar-refractivity contribution in [2.75, 3.05) is 0 Å². The quantitative estimate of drug-likeness (QED) is 0.912. The first kappa shape index (κ1) is 14.5. The van der Waals surface area contributed by atoms with Crippen molar-refractivity contribution < 1.29 is 4.39 Å². The average Bonchev–Trinajstić information content (AvgIpc) is 2.74. The maximum Gasteiger partial charge on any atom is 0.137 e. The van der Waals surface area contributed by atoms with E-state index >= 15 is 0 Å². The highest BCUT2D eigenvalue weighted by Gasteiger charge is 2.21. The lowest BCUT2D eigenvalue weighted by Crippen LogP contribution is -2.18. The number of hydrogen-bond donors (Lipinski definition) is 1. The molecular weight excluding hydrogens is 333 g/mol. The van der Waals surface area contributed by atoms with E-state index in [2.05, 4.69) is 21.0 Å². The second kappa shape index (κ2) is 6.03. The Hall–Kier alpha value is -0.910. The minimum atomic E-state index is -0.522. The SMILES string of the molecule is CCCn1ncc(Cl)c1C(N)c1cccc(F)c1Br. The van der Waals surface area contributed by atoms with Gasteiger partial charge in [-0.15, -0.1) is 0 Å². The summed E-state index contributed by atoms with van der Waals surface area (Å²) in [6, 6.07) is 4.26. The van der Waals surface area contributed by atoms with E-state index in [9.17, 15) is 4.39 Å². The van der Waals surface area contributed by atoms with Gasteiger partial charge in [-0.25, -0.2) is 4.39 Å². The van der Waals surface area contributed by atoms with Gasteiger partial charge in [-0.05, 0) is 34.0 Å². The van der Waals surface area contributed by atoms with Crippen molar-refractivity contribution in [3.8, 4) is 0 Å². The highest BCUT2D eigenvalue weighted by atomic mass is 79.9. The molecule has 102 valence electrons. The topological polar surface area (TPSA) is 43.8 Å². The lowest BCUT2D eigenvalue weighted by molar-refractivity contribution is 0.557. The van der Waals surface area contributed by atoms with Gasteiger partial charge in [-0.3, -0.25) is 4.68 Å². The van der Waals surface area contributed by atoms with Crippen LogP contribution in [-0.2, 0) is 6.54 Å². The standard InChI is InChI=1S/C13H14BrClFN3/c1-2-6-19-13(9(15)7-18-19)12(17)8-4-3-5-10(16)11(8)14/h3-5,7,12H,2,6,17H2,1H3. The number of nitrogens with two attached hydrogens (primary N) is 1. The van der Waals surface area contributed by atoms with Crippen LogP contribution in [0.25, 0.3) is 0 Å². The number of rotatable bonds is 4. The molecule has 0 spiro atoms. The highest BCUT2D eigenvalue weighted by molar-refractivity contribution is 9.10. The van der Waals surface area contributed by atoms with Gasteiger partial charge in [0.05, 0.1) is 27.4 Å². The lowest BCUT2D eigenvalue weighted by atomic mass is 10.0. The van der Waals surface area contributed by atoms with E-state index in [4.69, 9.17) is 17.3 Å². The molecule has 0 radical (unpaired) electrons. The van der Waals surface area contributed by atoms with Crippen molar-refractivity contribution in [3.05, 3.63) is 51.0 Å². The minimum absolute atomic E-state index is 0.342. The van der Waals surface area contributed by atoms with E-state index in [0.29, 0.717) is 20.8 Å². The van der Waals surface area contributed by atoms with Gasteiger partial charge in [-0.2, -0.15) is 5.10 Å². The summed E-state index contributed by atoms with van der Waals surface area (Å²) >= 11 is 9.37. The third kappa shape index (κ3) is 2.83. The van der Waals surface area contributed by atoms with E-state index < -0.39 is 6.04 Å². The van der Waals surface area contributed by atoms with Crippen molar-refractivity contribution in [2.24, 2.45) is 5.73 Å². The van der Waals surface area contributed by atoms with Crippen molar-refractivity contribution in [3.63, 3.8) is 0 Å². The zero-order chi connectivity index (χ0) is 14.0. The summed E-state index contributed by atoms with van der Waals surface area (Å²) in [5, 5.41) is 4.70. The molecule has 6 heteroatoms. The highest BCUT2D eigenvalue weighted by Crippen LogP contribution is 2.32. The molecule has 1 atom stereocenters. The molecule has 1 heterocycles. The first-order chi connectivity index (χ1) is 9.06. The van der Waals surface area contributed by atoms with Crippen LogP contribution in [-0.4, -0.2) is 9.78 Å². The van der Waals surface area contributed by atoms with Crippen LogP contribution < -0.4 is 5.73 Å². The van der Waals surface area contributed by atoms with Crippen LogP contribution in [0.4, 0.5) is 4.39 Å². The van der Waals surface area contributed by atoms with Crippen LogP contribution in [0, 0.1) is 5.82 Å². The Kier molecular flexibility index (Phi) is 4.60. The van der Waals surface area contributed by atoms with Crippen molar-refractivity contribution in [2.45, 2.75) is 25.9 Å². The fourth-order valence-corrected chi connectivity index (χ4v) is 2.75. The zero-order valence-corrected chi connectivity index (χ0v) is 12.7. The zero-order valence-electron chi connectivity index (χ0n) is 10.4. The molecular formula is C13H14BrClFN3. The van der Waals surface area contributed by atoms with Gasteiger partial charge < -0.3 is 5.73 Å². The summed E-state index contributed by atoms with van der Waals surface area (Å²) in [5.41, 5.74) is 7.58. The number of aromatic nitrogens is 2. The Morgan fingerprint density at radius 1 is 1.53 bits per heavy atom. The second-order valence-corrected chi connectivity index (χ2v) is 5.42. The molecule has 0 aliphatic heterocycles. The predicted molar refractivity (Wildman–Crippen MR) is 77.7 cm³/mol. The first-order valence-electron chi connectivity index (χ1n) is 5.97. The number of aryl methyl sites for hydroxylation is 1. The number of benzene rings is 1. The van der Waals surface area contributed by atoms with Crippen LogP contribution in [0.3, 0.4) is 0 Å². The van der Waals surface area contributed by atoms with Crippen molar-refractivity contribution in [1.29, 1.82) is 0 Å². The summed E-state index contributed by atoms with van der Waals surface area (Å²) in [6.07, 6.45) is 2.49. The van der Waals surface area contributed by atoms with Gasteiger partial charge in [0.2, 0.25) is 0 Å². The van der Waals surface area contributed by atoms with Crippen LogP contribution in [0.15, 0.2) is 28.9 Å². The van der Waals surface area contributed by atoms with Gasteiger partial charge in [0.25, 0.3) is 0 Å². The number of halogens is 3. The molecule has 1 aromatic carbocycles. The Labute approximate surface area is 124 Å². The predicted octanol–water partition coefficient (Wildman–Crippen LogP) is 3.90. The van der Waals surface area contributed by atoms with E-state index in [1.165, 1.54) is 6.07 Å². The molecule has 3 nitrogen and oxygen atoms in total. The summed E-state index contributed by atoms with van der Waals surface area (Å²) in [5.74, 6) is -0.342. The Bertz CT molecular complexity index is 585. The molecule has 0 saturated heterocycles. The molecule has 0 bridgehead atoms. The van der Waals surface area contributed by atoms with E-state index in [1.807, 2.05) is 6.92 Å². The summed E-state index contributed by atoms with van der Waals surface area (Å²) < 4.78 is 15.7. The molecule has 0 aliphatic carbocycles. The third-order valence-corrected chi connectivity index (χ3v) is 4.01. The number of hydrogen-bond acceptors (Lipinski definition) is 2. The molecule has 0 amide bonds. The van der Waals surface area contributed by atoms with E-state index in [-0.39, 0.29) is 5.82 Å².